The third-order valence-electron chi connectivity index (χ3n) is 0.670. The monoisotopic (exact) mass is 167 g/mol. The lowest BCUT2D eigenvalue weighted by Gasteiger charge is -2.01. The van der Waals surface area contributed by atoms with Gasteiger partial charge in [0, 0.05) is 0 Å². The molecule has 6 heteroatoms. The molecule has 0 atom stereocenters. The van der Waals surface area contributed by atoms with Crippen LogP contribution in [0.3, 0.4) is 0 Å². The van der Waals surface area contributed by atoms with E-state index in [4.69, 9.17) is 0 Å². The highest BCUT2D eigenvalue weighted by Gasteiger charge is 2.30. The number of hydrogen-bond acceptors (Lipinski definition) is 2. The van der Waals surface area contributed by atoms with Crippen molar-refractivity contribution in [2.75, 3.05) is 0 Å². The molecule has 1 rings (SSSR count). The molecule has 0 amide bonds. The summed E-state index contributed by atoms with van der Waals surface area (Å²) >= 11 is -0.218. The fourth-order valence-corrected chi connectivity index (χ4v) is 0.867. The summed E-state index contributed by atoms with van der Waals surface area (Å²) in [5.41, 5.74) is -1.00. The second kappa shape index (κ2) is 2.53. The second-order valence-corrected chi connectivity index (χ2v) is 2.58. The summed E-state index contributed by atoms with van der Waals surface area (Å²) in [4.78, 5) is 0.0208. The third kappa shape index (κ3) is 2.30. The van der Waals surface area contributed by atoms with Crippen molar-refractivity contribution in [1.82, 2.24) is 5.43 Å². The van der Waals surface area contributed by atoms with Gasteiger partial charge in [0.25, 0.3) is 0 Å². The van der Waals surface area contributed by atoms with E-state index in [-0.39, 0.29) is 16.7 Å². The second-order valence-electron chi connectivity index (χ2n) is 1.44. The summed E-state index contributed by atoms with van der Waals surface area (Å²) in [6.07, 6.45) is 2.14. The van der Waals surface area contributed by atoms with Gasteiger partial charge in [0.1, 0.15) is 0 Å². The van der Waals surface area contributed by atoms with Gasteiger partial charge < -0.3 is 0 Å². The zero-order valence-electron chi connectivity index (χ0n) is 4.59. The predicted molar refractivity (Wildman–Crippen MR) is 32.4 cm³/mol. The minimum atomic E-state index is -4.24. The molecule has 0 saturated heterocycles. The Morgan fingerprint density at radius 2 is 2.10 bits per heavy atom. The molecule has 1 aliphatic rings. The first-order valence-electron chi connectivity index (χ1n) is 2.27. The summed E-state index contributed by atoms with van der Waals surface area (Å²) < 4.78 is 34.6. The Morgan fingerprint density at radius 3 is 2.50 bits per heavy atom. The number of rotatable bonds is 1. The van der Waals surface area contributed by atoms with Crippen LogP contribution in [0.25, 0.3) is 0 Å². The van der Waals surface area contributed by atoms with Gasteiger partial charge in [0.15, 0.2) is 0 Å². The Morgan fingerprint density at radius 1 is 1.40 bits per heavy atom. The van der Waals surface area contributed by atoms with Gasteiger partial charge in [0.05, 0.1) is 17.3 Å². The third-order valence-corrected chi connectivity index (χ3v) is 1.35. The molecule has 0 fully saturated rings. The zero-order valence-corrected chi connectivity index (χ0v) is 5.41. The van der Waals surface area contributed by atoms with Crippen LogP contribution >= 0.6 is 11.8 Å². The number of alkyl halides is 3. The van der Waals surface area contributed by atoms with Crippen molar-refractivity contribution in [3.05, 3.63) is 11.1 Å². The summed E-state index contributed by atoms with van der Waals surface area (Å²) in [6.45, 7) is 0. The van der Waals surface area contributed by atoms with Crippen LogP contribution in [0.4, 0.5) is 13.2 Å². The van der Waals surface area contributed by atoms with Crippen molar-refractivity contribution < 1.29 is 13.2 Å². The Bertz CT molecular complexity index is 183. The molecule has 0 aromatic rings. The smallest absolute Gasteiger partial charge is 0.160 e. The van der Waals surface area contributed by atoms with Crippen LogP contribution < -0.4 is 5.43 Å². The van der Waals surface area contributed by atoms with E-state index in [1.54, 1.807) is 0 Å². The molecule has 10 heavy (non-hydrogen) atoms. The first-order valence-corrected chi connectivity index (χ1v) is 3.09. The van der Waals surface area contributed by atoms with E-state index in [1.807, 2.05) is 0 Å². The van der Waals surface area contributed by atoms with Crippen LogP contribution in [-0.4, -0.2) is 11.7 Å². The lowest BCUT2D eigenvalue weighted by atomic mass is 10.7. The number of thioether (sulfide) groups is 1. The normalized spacial score (nSPS) is 16.9. The average Bonchev–Trinajstić information content (AvgIpc) is 2.12. The number of allylic oxidation sites excluding steroid dienone is 1. The van der Waals surface area contributed by atoms with E-state index in [2.05, 4.69) is 10.5 Å². The van der Waals surface area contributed by atoms with Crippen molar-refractivity contribution in [3.8, 4) is 0 Å². The molecule has 55 valence electrons. The van der Waals surface area contributed by atoms with E-state index in [0.29, 0.717) is 0 Å². The van der Waals surface area contributed by atoms with E-state index < -0.39 is 5.51 Å². The molecule has 0 spiro atoms. The van der Waals surface area contributed by atoms with Crippen molar-refractivity contribution in [3.63, 3.8) is 0 Å². The van der Waals surface area contributed by atoms with Crippen LogP contribution in [0, 0.1) is 0 Å². The summed E-state index contributed by atoms with van der Waals surface area (Å²) in [5, 5.41) is 3.24. The summed E-state index contributed by atoms with van der Waals surface area (Å²) in [5.74, 6) is 0. The van der Waals surface area contributed by atoms with E-state index in [9.17, 15) is 13.2 Å². The van der Waals surface area contributed by atoms with Crippen molar-refractivity contribution in [2.24, 2.45) is 5.10 Å². The SMILES string of the molecule is FC(F)(F)SC1=C[N]N=C1. The quantitative estimate of drug-likeness (QED) is 0.583. The molecule has 0 saturated carbocycles. The first-order chi connectivity index (χ1) is 4.58. The van der Waals surface area contributed by atoms with Gasteiger partial charge in [-0.15, -0.1) is 0 Å². The molecular formula is C4H2F3N2S. The molecule has 1 aliphatic heterocycles. The fraction of sp³-hybridized carbons (Fsp3) is 0.250. The highest BCUT2D eigenvalue weighted by Crippen LogP contribution is 2.35. The van der Waals surface area contributed by atoms with Crippen molar-refractivity contribution >= 4 is 18.0 Å². The number of hydrogen-bond donors (Lipinski definition) is 0. The molecule has 0 aliphatic carbocycles. The lowest BCUT2D eigenvalue weighted by Crippen LogP contribution is -1.99. The van der Waals surface area contributed by atoms with Crippen molar-refractivity contribution in [2.45, 2.75) is 5.51 Å². The predicted octanol–water partition coefficient (Wildman–Crippen LogP) is 1.68. The average molecular weight is 167 g/mol. The minimum absolute atomic E-state index is 0.0208. The maximum Gasteiger partial charge on any atom is 0.446 e. The molecular weight excluding hydrogens is 165 g/mol. The molecule has 0 aromatic heterocycles. The molecule has 0 N–H and O–H groups in total. The fourth-order valence-electron chi connectivity index (χ4n) is 0.400. The maximum atomic E-state index is 11.5. The largest absolute Gasteiger partial charge is 0.446 e. The minimum Gasteiger partial charge on any atom is -0.160 e. The van der Waals surface area contributed by atoms with Gasteiger partial charge in [-0.3, -0.25) is 0 Å². The summed E-state index contributed by atoms with van der Waals surface area (Å²) in [7, 11) is 0. The van der Waals surface area contributed by atoms with Gasteiger partial charge in [-0.25, -0.2) is 0 Å². The molecule has 0 unspecified atom stereocenters. The van der Waals surface area contributed by atoms with Gasteiger partial charge in [-0.05, 0) is 11.8 Å². The zero-order chi connectivity index (χ0) is 7.61. The number of halogens is 3. The van der Waals surface area contributed by atoms with Crippen LogP contribution in [0.5, 0.6) is 0 Å². The summed E-state index contributed by atoms with van der Waals surface area (Å²) in [6, 6.07) is 0. The first kappa shape index (κ1) is 7.46. The highest BCUT2D eigenvalue weighted by atomic mass is 32.2. The Hall–Kier alpha value is -0.650. The Balaban J connectivity index is 2.46. The van der Waals surface area contributed by atoms with E-state index >= 15 is 0 Å². The van der Waals surface area contributed by atoms with Crippen LogP contribution in [0.15, 0.2) is 16.2 Å². The van der Waals surface area contributed by atoms with Gasteiger partial charge in [0.2, 0.25) is 0 Å². The molecule has 0 bridgehead atoms. The van der Waals surface area contributed by atoms with Gasteiger partial charge in [-0.2, -0.15) is 23.7 Å². The van der Waals surface area contributed by atoms with Crippen LogP contribution in [-0.2, 0) is 0 Å². The maximum absolute atomic E-state index is 11.5. The molecule has 1 radical (unpaired) electrons. The lowest BCUT2D eigenvalue weighted by molar-refractivity contribution is -0.0321. The molecule has 2 nitrogen and oxygen atoms in total. The van der Waals surface area contributed by atoms with E-state index in [1.165, 1.54) is 0 Å². The molecule has 0 aromatic carbocycles. The van der Waals surface area contributed by atoms with Gasteiger partial charge >= 0.3 is 5.51 Å². The van der Waals surface area contributed by atoms with Gasteiger partial charge in [-0.1, -0.05) is 0 Å². The molecule has 1 heterocycles. The number of nitrogens with zero attached hydrogens (tertiary/aromatic N) is 2. The van der Waals surface area contributed by atoms with E-state index in [0.717, 1.165) is 12.4 Å². The standard InChI is InChI=1S/C4H2F3N2S/c5-4(6,7)10-3-1-8-9-2-3/h1-2H. The van der Waals surface area contributed by atoms with Crippen molar-refractivity contribution in [1.29, 1.82) is 0 Å². The van der Waals surface area contributed by atoms with Crippen LogP contribution in [0.2, 0.25) is 0 Å². The highest BCUT2D eigenvalue weighted by molar-refractivity contribution is 8.04. The Kier molecular flexibility index (Phi) is 1.89. The Labute approximate surface area is 59.2 Å². The van der Waals surface area contributed by atoms with Crippen LogP contribution in [0.1, 0.15) is 0 Å². The topological polar surface area (TPSA) is 26.5 Å².